The van der Waals surface area contributed by atoms with Gasteiger partial charge in [0.05, 0.1) is 30.3 Å². The van der Waals surface area contributed by atoms with E-state index in [1.54, 1.807) is 18.5 Å². The van der Waals surface area contributed by atoms with Crippen molar-refractivity contribution in [2.24, 2.45) is 0 Å². The first kappa shape index (κ1) is 18.6. The summed E-state index contributed by atoms with van der Waals surface area (Å²) in [5.41, 5.74) is 1.84. The zero-order chi connectivity index (χ0) is 19.9. The van der Waals surface area contributed by atoms with Gasteiger partial charge in [0.25, 0.3) is 0 Å². The molecule has 2 N–H and O–H groups in total. The third-order valence-electron chi connectivity index (χ3n) is 4.46. The highest BCUT2D eigenvalue weighted by molar-refractivity contribution is 7.88. The molecule has 0 bridgehead atoms. The summed E-state index contributed by atoms with van der Waals surface area (Å²) in [7, 11) is -3.21. The van der Waals surface area contributed by atoms with Gasteiger partial charge >= 0.3 is 0 Å². The summed E-state index contributed by atoms with van der Waals surface area (Å²) in [5.74, 6) is 1.83. The molecule has 0 unspecified atom stereocenters. The van der Waals surface area contributed by atoms with E-state index < -0.39 is 10.0 Å². The van der Waals surface area contributed by atoms with Crippen LogP contribution in [0.4, 0.5) is 17.6 Å². The number of pyridine rings is 1. The molecule has 1 fully saturated rings. The van der Waals surface area contributed by atoms with Gasteiger partial charge in [0, 0.05) is 31.4 Å². The summed E-state index contributed by atoms with van der Waals surface area (Å²) < 4.78 is 27.2. The molecule has 0 aliphatic carbocycles. The Kier molecular flexibility index (Phi) is 4.63. The van der Waals surface area contributed by atoms with Crippen LogP contribution in [0.3, 0.4) is 0 Å². The number of hydrogen-bond acceptors (Lipinski definition) is 8. The van der Waals surface area contributed by atoms with Gasteiger partial charge in [0.2, 0.25) is 16.0 Å². The molecule has 1 saturated heterocycles. The molecule has 0 amide bonds. The average molecular weight is 402 g/mol. The molecule has 1 aliphatic heterocycles. The normalized spacial score (nSPS) is 15.2. The standard InChI is InChI=1S/C17H22N8O2S/c1-11(2)25-10-20-13-7-19-16(6-14(13)25)21-15-4-5-18-17(22-15)24-8-12(9-24)23-28(3,26)27/h4-7,10-12,23H,8-9H2,1-3H3,(H,18,19,21,22). The summed E-state index contributed by atoms with van der Waals surface area (Å²) in [4.78, 5) is 19.5. The maximum atomic E-state index is 11.3. The molecule has 0 spiro atoms. The summed E-state index contributed by atoms with van der Waals surface area (Å²) in [6, 6.07) is 3.89. The molecular formula is C17H22N8O2S. The molecular weight excluding hydrogens is 380 g/mol. The number of aromatic nitrogens is 5. The monoisotopic (exact) mass is 402 g/mol. The van der Waals surface area contributed by atoms with E-state index in [9.17, 15) is 8.42 Å². The smallest absolute Gasteiger partial charge is 0.227 e. The van der Waals surface area contributed by atoms with Crippen molar-refractivity contribution in [3.63, 3.8) is 0 Å². The number of imidazole rings is 1. The molecule has 4 rings (SSSR count). The fraction of sp³-hybridized carbons (Fsp3) is 0.412. The van der Waals surface area contributed by atoms with Crippen LogP contribution >= 0.6 is 0 Å². The SMILES string of the molecule is CC(C)n1cnc2cnc(Nc3ccnc(N4CC(NS(C)(=O)=O)C4)n3)cc21. The highest BCUT2D eigenvalue weighted by atomic mass is 32.2. The van der Waals surface area contributed by atoms with Crippen LogP contribution in [0.5, 0.6) is 0 Å². The number of rotatable bonds is 6. The Morgan fingerprint density at radius 1 is 1.18 bits per heavy atom. The fourth-order valence-electron chi connectivity index (χ4n) is 3.13. The van der Waals surface area contributed by atoms with Crippen molar-refractivity contribution in [3.8, 4) is 0 Å². The number of anilines is 3. The first-order valence-corrected chi connectivity index (χ1v) is 10.8. The van der Waals surface area contributed by atoms with Gasteiger partial charge in [-0.3, -0.25) is 0 Å². The van der Waals surface area contributed by atoms with E-state index in [2.05, 4.69) is 48.4 Å². The Morgan fingerprint density at radius 3 is 2.68 bits per heavy atom. The molecule has 3 aromatic heterocycles. The van der Waals surface area contributed by atoms with Crippen molar-refractivity contribution < 1.29 is 8.42 Å². The van der Waals surface area contributed by atoms with Gasteiger partial charge in [-0.1, -0.05) is 0 Å². The van der Waals surface area contributed by atoms with E-state index >= 15 is 0 Å². The molecule has 4 heterocycles. The van der Waals surface area contributed by atoms with E-state index in [0.29, 0.717) is 36.7 Å². The molecule has 28 heavy (non-hydrogen) atoms. The van der Waals surface area contributed by atoms with Gasteiger partial charge in [0.1, 0.15) is 17.2 Å². The molecule has 0 atom stereocenters. The molecule has 0 saturated carbocycles. The number of sulfonamides is 1. The van der Waals surface area contributed by atoms with E-state index in [0.717, 1.165) is 17.3 Å². The van der Waals surface area contributed by atoms with Crippen LogP contribution in [0.1, 0.15) is 19.9 Å². The number of nitrogens with zero attached hydrogens (tertiary/aromatic N) is 6. The van der Waals surface area contributed by atoms with Crippen molar-refractivity contribution in [2.75, 3.05) is 29.6 Å². The lowest BCUT2D eigenvalue weighted by Crippen LogP contribution is -2.59. The highest BCUT2D eigenvalue weighted by Gasteiger charge is 2.30. The Bertz CT molecular complexity index is 1110. The van der Waals surface area contributed by atoms with Crippen LogP contribution in [-0.4, -0.2) is 58.3 Å². The molecule has 11 heteroatoms. The van der Waals surface area contributed by atoms with Gasteiger partial charge in [-0.25, -0.2) is 28.1 Å². The summed E-state index contributed by atoms with van der Waals surface area (Å²) >= 11 is 0. The van der Waals surface area contributed by atoms with Crippen LogP contribution in [0, 0.1) is 0 Å². The first-order chi connectivity index (χ1) is 13.3. The van der Waals surface area contributed by atoms with E-state index in [1.165, 1.54) is 0 Å². The Labute approximate surface area is 163 Å². The van der Waals surface area contributed by atoms with Gasteiger partial charge in [-0.15, -0.1) is 0 Å². The fourth-order valence-corrected chi connectivity index (χ4v) is 3.89. The molecule has 148 valence electrons. The third-order valence-corrected chi connectivity index (χ3v) is 5.22. The van der Waals surface area contributed by atoms with Crippen LogP contribution in [0.25, 0.3) is 11.0 Å². The molecule has 0 radical (unpaired) electrons. The van der Waals surface area contributed by atoms with E-state index in [1.807, 2.05) is 17.3 Å². The van der Waals surface area contributed by atoms with Crippen molar-refractivity contribution >= 4 is 38.6 Å². The zero-order valence-corrected chi connectivity index (χ0v) is 16.7. The lowest BCUT2D eigenvalue weighted by Gasteiger charge is -2.39. The minimum absolute atomic E-state index is 0.115. The predicted molar refractivity (Wildman–Crippen MR) is 107 cm³/mol. The Balaban J connectivity index is 1.48. The van der Waals surface area contributed by atoms with Gasteiger partial charge in [-0.05, 0) is 19.9 Å². The summed E-state index contributed by atoms with van der Waals surface area (Å²) in [6.07, 6.45) is 6.37. The summed E-state index contributed by atoms with van der Waals surface area (Å²) in [6.45, 7) is 5.28. The number of nitrogens with one attached hydrogen (secondary N) is 2. The summed E-state index contributed by atoms with van der Waals surface area (Å²) in [5, 5.41) is 3.20. The maximum Gasteiger partial charge on any atom is 0.227 e. The topological polar surface area (TPSA) is 118 Å². The Morgan fingerprint density at radius 2 is 1.96 bits per heavy atom. The lowest BCUT2D eigenvalue weighted by atomic mass is 10.1. The zero-order valence-electron chi connectivity index (χ0n) is 15.9. The third kappa shape index (κ3) is 3.90. The number of fused-ring (bicyclic) bond motifs is 1. The van der Waals surface area contributed by atoms with Crippen molar-refractivity contribution in [2.45, 2.75) is 25.9 Å². The molecule has 3 aromatic rings. The second-order valence-corrected chi connectivity index (χ2v) is 8.94. The first-order valence-electron chi connectivity index (χ1n) is 8.93. The van der Waals surface area contributed by atoms with Crippen LogP contribution < -0.4 is 14.9 Å². The maximum absolute atomic E-state index is 11.3. The highest BCUT2D eigenvalue weighted by Crippen LogP contribution is 2.23. The number of hydrogen-bond donors (Lipinski definition) is 2. The van der Waals surface area contributed by atoms with E-state index in [4.69, 9.17) is 0 Å². The minimum atomic E-state index is -3.21. The second kappa shape index (κ2) is 6.99. The largest absolute Gasteiger partial charge is 0.337 e. The predicted octanol–water partition coefficient (Wildman–Crippen LogP) is 1.28. The van der Waals surface area contributed by atoms with Gasteiger partial charge < -0.3 is 14.8 Å². The minimum Gasteiger partial charge on any atom is -0.337 e. The quantitative estimate of drug-likeness (QED) is 0.633. The second-order valence-electron chi connectivity index (χ2n) is 7.16. The van der Waals surface area contributed by atoms with Gasteiger partial charge in [0.15, 0.2) is 0 Å². The van der Waals surface area contributed by atoms with Crippen molar-refractivity contribution in [3.05, 3.63) is 30.9 Å². The van der Waals surface area contributed by atoms with Crippen molar-refractivity contribution in [1.82, 2.24) is 29.2 Å². The molecule has 10 nitrogen and oxygen atoms in total. The average Bonchev–Trinajstić information content (AvgIpc) is 3.00. The van der Waals surface area contributed by atoms with Crippen LogP contribution in [-0.2, 0) is 10.0 Å². The molecule has 1 aliphatic rings. The van der Waals surface area contributed by atoms with Crippen LogP contribution in [0.2, 0.25) is 0 Å². The van der Waals surface area contributed by atoms with E-state index in [-0.39, 0.29) is 6.04 Å². The van der Waals surface area contributed by atoms with Gasteiger partial charge in [-0.2, -0.15) is 4.98 Å². The van der Waals surface area contributed by atoms with Crippen molar-refractivity contribution in [1.29, 1.82) is 0 Å². The lowest BCUT2D eigenvalue weighted by molar-refractivity contribution is 0.464. The Hall–Kier alpha value is -2.79. The van der Waals surface area contributed by atoms with Crippen LogP contribution in [0.15, 0.2) is 30.9 Å². The molecule has 0 aromatic carbocycles.